The van der Waals surface area contributed by atoms with E-state index >= 15 is 0 Å². The standard InChI is InChI=1S/C27H18N2O3S/c30-23-15-14-20(16-21(23)27-29-22-8-4-5-9-24(22)33-27)28-26(32)19-12-10-18(11-13-19)25(31)17-6-2-1-3-7-17/h1-16,30H,(H,28,32). The van der Waals surface area contributed by atoms with Crippen molar-refractivity contribution in [3.8, 4) is 16.3 Å². The number of anilines is 1. The highest BCUT2D eigenvalue weighted by Gasteiger charge is 2.14. The van der Waals surface area contributed by atoms with Crippen LogP contribution in [0, 0.1) is 0 Å². The Morgan fingerprint density at radius 3 is 2.18 bits per heavy atom. The van der Waals surface area contributed by atoms with E-state index in [-0.39, 0.29) is 17.4 Å². The Hall–Kier alpha value is -4.29. The summed E-state index contributed by atoms with van der Waals surface area (Å²) in [6.45, 7) is 0. The monoisotopic (exact) mass is 450 g/mol. The molecule has 0 saturated heterocycles. The number of carbonyl (C=O) groups is 2. The molecule has 1 amide bonds. The maximum absolute atomic E-state index is 12.8. The number of phenolic OH excluding ortho intramolecular Hbond substituents is 1. The predicted molar refractivity (Wildman–Crippen MR) is 131 cm³/mol. The van der Waals surface area contributed by atoms with E-state index in [9.17, 15) is 14.7 Å². The molecule has 0 atom stereocenters. The van der Waals surface area contributed by atoms with E-state index in [1.54, 1.807) is 54.6 Å². The smallest absolute Gasteiger partial charge is 0.255 e. The van der Waals surface area contributed by atoms with Crippen LogP contribution in [-0.4, -0.2) is 21.8 Å². The van der Waals surface area contributed by atoms with Crippen molar-refractivity contribution >= 4 is 38.9 Å². The molecule has 33 heavy (non-hydrogen) atoms. The zero-order chi connectivity index (χ0) is 22.8. The second-order valence-electron chi connectivity index (χ2n) is 7.45. The number of aromatic nitrogens is 1. The average molecular weight is 451 g/mol. The topological polar surface area (TPSA) is 79.3 Å². The third-order valence-electron chi connectivity index (χ3n) is 5.22. The van der Waals surface area contributed by atoms with Gasteiger partial charge in [-0.3, -0.25) is 9.59 Å². The molecule has 0 aliphatic heterocycles. The maximum Gasteiger partial charge on any atom is 0.255 e. The Balaban J connectivity index is 1.35. The molecule has 0 spiro atoms. The van der Waals surface area contributed by atoms with E-state index in [0.717, 1.165) is 10.2 Å². The number of ketones is 1. The molecule has 5 aromatic rings. The van der Waals surface area contributed by atoms with Gasteiger partial charge in [0.2, 0.25) is 0 Å². The summed E-state index contributed by atoms with van der Waals surface area (Å²) in [6.07, 6.45) is 0. The Kier molecular flexibility index (Phi) is 5.42. The van der Waals surface area contributed by atoms with Gasteiger partial charge in [0.05, 0.1) is 15.8 Å². The van der Waals surface area contributed by atoms with Crippen LogP contribution in [0.5, 0.6) is 5.75 Å². The number of carbonyl (C=O) groups excluding carboxylic acids is 2. The number of nitrogens with one attached hydrogen (secondary N) is 1. The Morgan fingerprint density at radius 2 is 1.42 bits per heavy atom. The van der Waals surface area contributed by atoms with Gasteiger partial charge in [-0.15, -0.1) is 11.3 Å². The summed E-state index contributed by atoms with van der Waals surface area (Å²) in [5.41, 5.74) is 3.49. The molecule has 0 fully saturated rings. The highest BCUT2D eigenvalue weighted by molar-refractivity contribution is 7.21. The summed E-state index contributed by atoms with van der Waals surface area (Å²) in [6, 6.07) is 28.2. The Labute approximate surface area is 194 Å². The van der Waals surface area contributed by atoms with Crippen molar-refractivity contribution in [2.24, 2.45) is 0 Å². The fourth-order valence-electron chi connectivity index (χ4n) is 3.50. The van der Waals surface area contributed by atoms with Crippen molar-refractivity contribution in [3.05, 3.63) is 114 Å². The SMILES string of the molecule is O=C(Nc1ccc(O)c(-c2nc3ccccc3s2)c1)c1ccc(C(=O)c2ccccc2)cc1. The molecule has 1 heterocycles. The minimum atomic E-state index is -0.311. The van der Waals surface area contributed by atoms with Gasteiger partial charge in [-0.05, 0) is 42.5 Å². The van der Waals surface area contributed by atoms with E-state index in [1.807, 2.05) is 42.5 Å². The van der Waals surface area contributed by atoms with Crippen LogP contribution < -0.4 is 5.32 Å². The normalized spacial score (nSPS) is 10.8. The number of phenols is 1. The highest BCUT2D eigenvalue weighted by atomic mass is 32.1. The summed E-state index contributed by atoms with van der Waals surface area (Å²) in [5, 5.41) is 13.9. The lowest BCUT2D eigenvalue weighted by Crippen LogP contribution is -2.12. The zero-order valence-corrected chi connectivity index (χ0v) is 18.2. The molecule has 5 nitrogen and oxygen atoms in total. The molecule has 0 bridgehead atoms. The molecule has 5 rings (SSSR count). The van der Waals surface area contributed by atoms with Gasteiger partial charge in [0.25, 0.3) is 5.91 Å². The molecule has 160 valence electrons. The molecule has 4 aromatic carbocycles. The van der Waals surface area contributed by atoms with Gasteiger partial charge in [-0.2, -0.15) is 0 Å². The summed E-state index contributed by atoms with van der Waals surface area (Å²) >= 11 is 1.48. The molecule has 6 heteroatoms. The summed E-state index contributed by atoms with van der Waals surface area (Å²) in [7, 11) is 0. The van der Waals surface area contributed by atoms with Crippen LogP contribution in [0.4, 0.5) is 5.69 Å². The van der Waals surface area contributed by atoms with Crippen LogP contribution in [0.3, 0.4) is 0 Å². The fourth-order valence-corrected chi connectivity index (χ4v) is 4.50. The van der Waals surface area contributed by atoms with Crippen molar-refractivity contribution in [1.82, 2.24) is 4.98 Å². The summed E-state index contributed by atoms with van der Waals surface area (Å²) < 4.78 is 1.02. The van der Waals surface area contributed by atoms with Crippen molar-refractivity contribution in [1.29, 1.82) is 0 Å². The molecule has 0 aliphatic carbocycles. The lowest BCUT2D eigenvalue weighted by molar-refractivity contribution is 0.102. The van der Waals surface area contributed by atoms with Gasteiger partial charge in [0.1, 0.15) is 10.8 Å². The van der Waals surface area contributed by atoms with Crippen LogP contribution in [0.2, 0.25) is 0 Å². The van der Waals surface area contributed by atoms with E-state index in [1.165, 1.54) is 11.3 Å². The lowest BCUT2D eigenvalue weighted by atomic mass is 10.0. The lowest BCUT2D eigenvalue weighted by Gasteiger charge is -2.09. The van der Waals surface area contributed by atoms with E-state index in [2.05, 4.69) is 10.3 Å². The summed E-state index contributed by atoms with van der Waals surface area (Å²) in [4.78, 5) is 29.9. The zero-order valence-electron chi connectivity index (χ0n) is 17.4. The number of hydrogen-bond donors (Lipinski definition) is 2. The predicted octanol–water partition coefficient (Wildman–Crippen LogP) is 6.15. The van der Waals surface area contributed by atoms with Gasteiger partial charge in [-0.25, -0.2) is 4.98 Å². The van der Waals surface area contributed by atoms with Crippen molar-refractivity contribution in [2.75, 3.05) is 5.32 Å². The molecule has 0 radical (unpaired) electrons. The van der Waals surface area contributed by atoms with E-state index < -0.39 is 0 Å². The van der Waals surface area contributed by atoms with Gasteiger partial charge in [0.15, 0.2) is 5.78 Å². The van der Waals surface area contributed by atoms with Crippen molar-refractivity contribution < 1.29 is 14.7 Å². The number of fused-ring (bicyclic) bond motifs is 1. The van der Waals surface area contributed by atoms with Crippen molar-refractivity contribution in [2.45, 2.75) is 0 Å². The Morgan fingerprint density at radius 1 is 0.758 bits per heavy atom. The maximum atomic E-state index is 12.8. The second kappa shape index (κ2) is 8.68. The first-order chi connectivity index (χ1) is 16.1. The average Bonchev–Trinajstić information content (AvgIpc) is 3.29. The number of para-hydroxylation sites is 1. The van der Waals surface area contributed by atoms with Crippen LogP contribution in [0.1, 0.15) is 26.3 Å². The number of amides is 1. The van der Waals surface area contributed by atoms with Gasteiger partial charge in [-0.1, -0.05) is 54.6 Å². The molecule has 1 aromatic heterocycles. The minimum Gasteiger partial charge on any atom is -0.507 e. The largest absolute Gasteiger partial charge is 0.507 e. The number of nitrogens with zero attached hydrogens (tertiary/aromatic N) is 1. The third-order valence-corrected chi connectivity index (χ3v) is 6.29. The fraction of sp³-hybridized carbons (Fsp3) is 0. The first kappa shape index (κ1) is 20.6. The van der Waals surface area contributed by atoms with Gasteiger partial charge >= 0.3 is 0 Å². The third kappa shape index (κ3) is 4.24. The van der Waals surface area contributed by atoms with E-state index in [0.29, 0.717) is 32.9 Å². The van der Waals surface area contributed by atoms with E-state index in [4.69, 9.17) is 0 Å². The summed E-state index contributed by atoms with van der Waals surface area (Å²) in [5.74, 6) is -0.313. The minimum absolute atomic E-state index is 0.0934. The quantitative estimate of drug-likeness (QED) is 0.249. The molecule has 0 aliphatic rings. The van der Waals surface area contributed by atoms with Gasteiger partial charge < -0.3 is 10.4 Å². The number of benzene rings is 4. The highest BCUT2D eigenvalue weighted by Crippen LogP contribution is 2.36. The number of hydrogen-bond acceptors (Lipinski definition) is 5. The first-order valence-corrected chi connectivity index (χ1v) is 11.1. The number of aromatic hydroxyl groups is 1. The second-order valence-corrected chi connectivity index (χ2v) is 8.48. The van der Waals surface area contributed by atoms with Gasteiger partial charge in [0, 0.05) is 22.4 Å². The number of thiazole rings is 1. The number of rotatable bonds is 5. The van der Waals surface area contributed by atoms with Crippen LogP contribution in [0.25, 0.3) is 20.8 Å². The molecule has 0 unspecified atom stereocenters. The Bertz CT molecular complexity index is 1440. The molecular formula is C27H18N2O3S. The molecule has 0 saturated carbocycles. The van der Waals surface area contributed by atoms with Crippen LogP contribution in [0.15, 0.2) is 97.1 Å². The van der Waals surface area contributed by atoms with Crippen LogP contribution in [-0.2, 0) is 0 Å². The van der Waals surface area contributed by atoms with Crippen molar-refractivity contribution in [3.63, 3.8) is 0 Å². The molecular weight excluding hydrogens is 432 g/mol. The first-order valence-electron chi connectivity index (χ1n) is 10.3. The van der Waals surface area contributed by atoms with Crippen LogP contribution >= 0.6 is 11.3 Å². The molecule has 2 N–H and O–H groups in total.